The van der Waals surface area contributed by atoms with Crippen LogP contribution in [-0.4, -0.2) is 42.2 Å². The summed E-state index contributed by atoms with van der Waals surface area (Å²) in [4.78, 5) is 14.7. The van der Waals surface area contributed by atoms with Gasteiger partial charge in [0.1, 0.15) is 0 Å². The molecule has 0 aromatic heterocycles. The molecule has 1 aliphatic rings. The number of carbonyl (C=O) groups excluding carboxylic acids is 1. The highest BCUT2D eigenvalue weighted by molar-refractivity contribution is 5.97. The predicted octanol–water partition coefficient (Wildman–Crippen LogP) is 3.30. The smallest absolute Gasteiger partial charge is 0.254 e. The van der Waals surface area contributed by atoms with Gasteiger partial charge < -0.3 is 15.3 Å². The fourth-order valence-corrected chi connectivity index (χ4v) is 2.99. The molecular weight excluding hydrogens is 288 g/mol. The van der Waals surface area contributed by atoms with E-state index in [1.54, 1.807) is 0 Å². The Bertz CT molecular complexity index is 549. The fourth-order valence-electron chi connectivity index (χ4n) is 2.99. The van der Waals surface area contributed by atoms with E-state index < -0.39 is 0 Å². The molecule has 0 saturated carbocycles. The van der Waals surface area contributed by atoms with Crippen molar-refractivity contribution in [2.75, 3.05) is 31.6 Å². The first-order valence-electron chi connectivity index (χ1n) is 8.55. The number of piperidine rings is 1. The van der Waals surface area contributed by atoms with Crippen LogP contribution < -0.4 is 5.32 Å². The molecule has 4 heteroatoms. The second kappa shape index (κ2) is 7.35. The van der Waals surface area contributed by atoms with Gasteiger partial charge in [0.05, 0.1) is 0 Å². The predicted molar refractivity (Wildman–Crippen MR) is 94.8 cm³/mol. The van der Waals surface area contributed by atoms with Crippen molar-refractivity contribution in [3.05, 3.63) is 29.3 Å². The van der Waals surface area contributed by atoms with E-state index in [-0.39, 0.29) is 23.8 Å². The second-order valence-corrected chi connectivity index (χ2v) is 7.83. The summed E-state index contributed by atoms with van der Waals surface area (Å²) in [7, 11) is 0. The van der Waals surface area contributed by atoms with Gasteiger partial charge in [-0.1, -0.05) is 26.8 Å². The standard InChI is InChI=1S/C19H30N2O2/c1-14-16(8-5-9-17(14)20-13-19(2,3)4)18(23)21-10-6-7-15(11-21)12-22/h5,8-9,15,20,22H,6-7,10-13H2,1-4H3. The van der Waals surface area contributed by atoms with Gasteiger partial charge in [0.15, 0.2) is 0 Å². The van der Waals surface area contributed by atoms with Gasteiger partial charge in [0.2, 0.25) is 0 Å². The minimum atomic E-state index is 0.0834. The molecule has 1 aliphatic heterocycles. The van der Waals surface area contributed by atoms with Crippen LogP contribution in [0.15, 0.2) is 18.2 Å². The Morgan fingerprint density at radius 2 is 2.13 bits per heavy atom. The van der Waals surface area contributed by atoms with Gasteiger partial charge in [-0.2, -0.15) is 0 Å². The molecule has 2 N–H and O–H groups in total. The monoisotopic (exact) mass is 318 g/mol. The molecule has 1 saturated heterocycles. The van der Waals surface area contributed by atoms with Gasteiger partial charge in [-0.3, -0.25) is 4.79 Å². The number of nitrogens with one attached hydrogen (secondary N) is 1. The average Bonchev–Trinajstić information content (AvgIpc) is 2.52. The van der Waals surface area contributed by atoms with Crippen LogP contribution >= 0.6 is 0 Å². The lowest BCUT2D eigenvalue weighted by Crippen LogP contribution is -2.41. The summed E-state index contributed by atoms with van der Waals surface area (Å²) >= 11 is 0. The SMILES string of the molecule is Cc1c(NCC(C)(C)C)cccc1C(=O)N1CCCC(CO)C1. The van der Waals surface area contributed by atoms with Crippen molar-refractivity contribution in [1.29, 1.82) is 0 Å². The Morgan fingerprint density at radius 3 is 2.78 bits per heavy atom. The summed E-state index contributed by atoms with van der Waals surface area (Å²) in [6, 6.07) is 5.88. The maximum absolute atomic E-state index is 12.9. The van der Waals surface area contributed by atoms with Crippen LogP contribution in [0.2, 0.25) is 0 Å². The summed E-state index contributed by atoms with van der Waals surface area (Å²) in [5.41, 5.74) is 2.99. The molecule has 1 unspecified atom stereocenters. The molecule has 2 rings (SSSR count). The van der Waals surface area contributed by atoms with Gasteiger partial charge in [-0.25, -0.2) is 0 Å². The molecule has 1 heterocycles. The lowest BCUT2D eigenvalue weighted by atomic mass is 9.95. The van der Waals surface area contributed by atoms with Gasteiger partial charge in [0.25, 0.3) is 5.91 Å². The maximum atomic E-state index is 12.9. The van der Waals surface area contributed by atoms with E-state index in [0.717, 1.165) is 42.7 Å². The lowest BCUT2D eigenvalue weighted by molar-refractivity contribution is 0.0620. The first-order chi connectivity index (χ1) is 10.8. The summed E-state index contributed by atoms with van der Waals surface area (Å²) in [6.07, 6.45) is 1.98. The number of anilines is 1. The number of carbonyl (C=O) groups is 1. The van der Waals surface area contributed by atoms with Crippen molar-refractivity contribution < 1.29 is 9.90 Å². The van der Waals surface area contributed by atoms with Gasteiger partial charge in [-0.05, 0) is 48.8 Å². The summed E-state index contributed by atoms with van der Waals surface area (Å²) in [5, 5.41) is 12.8. The van der Waals surface area contributed by atoms with Crippen LogP contribution in [-0.2, 0) is 0 Å². The van der Waals surface area contributed by atoms with Crippen LogP contribution in [0.3, 0.4) is 0 Å². The van der Waals surface area contributed by atoms with E-state index >= 15 is 0 Å². The van der Waals surface area contributed by atoms with Crippen molar-refractivity contribution in [1.82, 2.24) is 4.90 Å². The van der Waals surface area contributed by atoms with Crippen LogP contribution in [0.4, 0.5) is 5.69 Å². The number of rotatable bonds is 4. The van der Waals surface area contributed by atoms with E-state index in [1.807, 2.05) is 30.0 Å². The molecule has 4 nitrogen and oxygen atoms in total. The van der Waals surface area contributed by atoms with Crippen LogP contribution in [0.25, 0.3) is 0 Å². The molecule has 23 heavy (non-hydrogen) atoms. The Hall–Kier alpha value is -1.55. The van der Waals surface area contributed by atoms with Crippen LogP contribution in [0.1, 0.15) is 49.5 Å². The molecule has 1 atom stereocenters. The first kappa shape index (κ1) is 17.8. The Labute approximate surface area is 139 Å². The van der Waals surface area contributed by atoms with E-state index in [1.165, 1.54) is 0 Å². The number of aliphatic hydroxyl groups excluding tert-OH is 1. The number of benzene rings is 1. The highest BCUT2D eigenvalue weighted by Gasteiger charge is 2.25. The first-order valence-corrected chi connectivity index (χ1v) is 8.55. The van der Waals surface area contributed by atoms with Crippen LogP contribution in [0.5, 0.6) is 0 Å². The van der Waals surface area contributed by atoms with E-state index in [0.29, 0.717) is 6.54 Å². The van der Waals surface area contributed by atoms with Crippen molar-refractivity contribution >= 4 is 11.6 Å². The zero-order valence-corrected chi connectivity index (χ0v) is 14.9. The highest BCUT2D eigenvalue weighted by Crippen LogP contribution is 2.24. The normalized spacial score (nSPS) is 18.8. The van der Waals surface area contributed by atoms with Crippen LogP contribution in [0, 0.1) is 18.3 Å². The Kier molecular flexibility index (Phi) is 5.69. The molecule has 0 aliphatic carbocycles. The zero-order chi connectivity index (χ0) is 17.0. The summed E-state index contributed by atoms with van der Waals surface area (Å²) in [6.45, 7) is 11.0. The largest absolute Gasteiger partial charge is 0.396 e. The lowest BCUT2D eigenvalue weighted by Gasteiger charge is -2.32. The van der Waals surface area contributed by atoms with Crippen molar-refractivity contribution in [2.24, 2.45) is 11.3 Å². The molecule has 0 bridgehead atoms. The summed E-state index contributed by atoms with van der Waals surface area (Å²) in [5.74, 6) is 0.301. The van der Waals surface area contributed by atoms with Gasteiger partial charge >= 0.3 is 0 Å². The van der Waals surface area contributed by atoms with E-state index in [2.05, 4.69) is 26.1 Å². The second-order valence-electron chi connectivity index (χ2n) is 7.83. The number of nitrogens with zero attached hydrogens (tertiary/aromatic N) is 1. The molecule has 128 valence electrons. The third-order valence-electron chi connectivity index (χ3n) is 4.44. The van der Waals surface area contributed by atoms with Crippen molar-refractivity contribution in [2.45, 2.75) is 40.5 Å². The fraction of sp³-hybridized carbons (Fsp3) is 0.632. The molecule has 1 amide bonds. The highest BCUT2D eigenvalue weighted by atomic mass is 16.3. The maximum Gasteiger partial charge on any atom is 0.254 e. The number of hydrogen-bond acceptors (Lipinski definition) is 3. The molecule has 0 radical (unpaired) electrons. The third kappa shape index (κ3) is 4.71. The minimum absolute atomic E-state index is 0.0834. The van der Waals surface area contributed by atoms with Crippen molar-refractivity contribution in [3.63, 3.8) is 0 Å². The topological polar surface area (TPSA) is 52.6 Å². The van der Waals surface area contributed by atoms with E-state index in [9.17, 15) is 9.90 Å². The number of hydrogen-bond donors (Lipinski definition) is 2. The zero-order valence-electron chi connectivity index (χ0n) is 14.9. The minimum Gasteiger partial charge on any atom is -0.396 e. The molecule has 1 fully saturated rings. The molecule has 1 aromatic rings. The molecular formula is C19H30N2O2. The van der Waals surface area contributed by atoms with E-state index in [4.69, 9.17) is 0 Å². The molecule has 1 aromatic carbocycles. The number of amides is 1. The third-order valence-corrected chi connectivity index (χ3v) is 4.44. The molecule has 0 spiro atoms. The van der Waals surface area contributed by atoms with Gasteiger partial charge in [-0.15, -0.1) is 0 Å². The Balaban J connectivity index is 2.14. The van der Waals surface area contributed by atoms with Gasteiger partial charge in [0, 0.05) is 37.5 Å². The number of likely N-dealkylation sites (tertiary alicyclic amines) is 1. The van der Waals surface area contributed by atoms with Crippen molar-refractivity contribution in [3.8, 4) is 0 Å². The summed E-state index contributed by atoms with van der Waals surface area (Å²) < 4.78 is 0. The average molecular weight is 318 g/mol. The quantitative estimate of drug-likeness (QED) is 0.895. The number of aliphatic hydroxyl groups is 1. The Morgan fingerprint density at radius 1 is 1.39 bits per heavy atom.